The van der Waals surface area contributed by atoms with E-state index in [9.17, 15) is 0 Å². The molecule has 1 aromatic heterocycles. The van der Waals surface area contributed by atoms with Gasteiger partial charge in [0.25, 0.3) is 0 Å². The van der Waals surface area contributed by atoms with Gasteiger partial charge < -0.3 is 5.32 Å². The third-order valence-electron chi connectivity index (χ3n) is 2.93. The van der Waals surface area contributed by atoms with E-state index in [2.05, 4.69) is 23.4 Å². The van der Waals surface area contributed by atoms with Crippen molar-refractivity contribution in [2.45, 2.75) is 31.7 Å². The Morgan fingerprint density at radius 1 is 1.57 bits per heavy atom. The monoisotopic (exact) mass is 190 g/mol. The van der Waals surface area contributed by atoms with Crippen LogP contribution in [-0.2, 0) is 6.42 Å². The third-order valence-corrected chi connectivity index (χ3v) is 2.93. The lowest BCUT2D eigenvalue weighted by atomic mass is 10.0. The fourth-order valence-electron chi connectivity index (χ4n) is 1.86. The predicted molar refractivity (Wildman–Crippen MR) is 58.1 cm³/mol. The smallest absolute Gasteiger partial charge is 0.0300 e. The van der Waals surface area contributed by atoms with Crippen LogP contribution in [0.1, 0.15) is 24.8 Å². The van der Waals surface area contributed by atoms with Gasteiger partial charge in [0.15, 0.2) is 0 Å². The van der Waals surface area contributed by atoms with Crippen molar-refractivity contribution in [3.8, 4) is 0 Å². The Kier molecular flexibility index (Phi) is 3.14. The number of likely N-dealkylation sites (N-methyl/N-ethyl adjacent to an activating group) is 1. The predicted octanol–water partition coefficient (Wildman–Crippen LogP) is 2.01. The Morgan fingerprint density at radius 3 is 3.00 bits per heavy atom. The second kappa shape index (κ2) is 4.56. The number of nitrogens with zero attached hydrogens (tertiary/aromatic N) is 1. The van der Waals surface area contributed by atoms with Gasteiger partial charge in [0.2, 0.25) is 0 Å². The Labute approximate surface area is 85.7 Å². The molecule has 0 aliphatic heterocycles. The molecule has 76 valence electrons. The fourth-order valence-corrected chi connectivity index (χ4v) is 1.86. The molecule has 14 heavy (non-hydrogen) atoms. The lowest BCUT2D eigenvalue weighted by Gasteiger charge is -2.15. The topological polar surface area (TPSA) is 24.9 Å². The van der Waals surface area contributed by atoms with E-state index >= 15 is 0 Å². The molecule has 1 N–H and O–H groups in total. The van der Waals surface area contributed by atoms with Crippen molar-refractivity contribution in [3.05, 3.63) is 30.1 Å². The van der Waals surface area contributed by atoms with Crippen LogP contribution in [0.2, 0.25) is 0 Å². The lowest BCUT2D eigenvalue weighted by Crippen LogP contribution is -2.28. The summed E-state index contributed by atoms with van der Waals surface area (Å²) in [5.41, 5.74) is 1.34. The zero-order valence-corrected chi connectivity index (χ0v) is 8.74. The summed E-state index contributed by atoms with van der Waals surface area (Å²) >= 11 is 0. The van der Waals surface area contributed by atoms with E-state index in [1.54, 1.807) is 0 Å². The first-order chi connectivity index (χ1) is 6.88. The minimum absolute atomic E-state index is 0.631. The van der Waals surface area contributed by atoms with Gasteiger partial charge in [0, 0.05) is 18.4 Å². The molecule has 0 amide bonds. The molecule has 1 atom stereocenters. The molecular formula is C12H18N2. The Bertz CT molecular complexity index is 267. The first kappa shape index (κ1) is 9.66. The molecule has 0 aromatic carbocycles. The van der Waals surface area contributed by atoms with E-state index in [4.69, 9.17) is 0 Å². The van der Waals surface area contributed by atoms with Gasteiger partial charge in [-0.15, -0.1) is 0 Å². The van der Waals surface area contributed by atoms with Crippen LogP contribution >= 0.6 is 0 Å². The molecule has 1 heterocycles. The van der Waals surface area contributed by atoms with Crippen LogP contribution in [0.3, 0.4) is 0 Å². The fraction of sp³-hybridized carbons (Fsp3) is 0.583. The Morgan fingerprint density at radius 2 is 2.43 bits per heavy atom. The summed E-state index contributed by atoms with van der Waals surface area (Å²) in [4.78, 5) is 4.14. The van der Waals surface area contributed by atoms with Gasteiger partial charge in [-0.2, -0.15) is 0 Å². The minimum Gasteiger partial charge on any atom is -0.317 e. The van der Waals surface area contributed by atoms with E-state index in [0.717, 1.165) is 12.3 Å². The second-order valence-electron chi connectivity index (χ2n) is 4.23. The highest BCUT2D eigenvalue weighted by Gasteiger charge is 2.24. The van der Waals surface area contributed by atoms with E-state index < -0.39 is 0 Å². The average molecular weight is 190 g/mol. The molecular weight excluding hydrogens is 172 g/mol. The van der Waals surface area contributed by atoms with Crippen molar-refractivity contribution in [3.63, 3.8) is 0 Å². The SMILES string of the molecule is CNC(Cc1cccnc1)CC1CC1. The van der Waals surface area contributed by atoms with Crippen molar-refractivity contribution in [2.75, 3.05) is 7.05 Å². The number of nitrogens with one attached hydrogen (secondary N) is 1. The van der Waals surface area contributed by atoms with Gasteiger partial charge in [0.1, 0.15) is 0 Å². The lowest BCUT2D eigenvalue weighted by molar-refractivity contribution is 0.490. The number of aromatic nitrogens is 1. The summed E-state index contributed by atoms with van der Waals surface area (Å²) in [6.45, 7) is 0. The Hall–Kier alpha value is -0.890. The van der Waals surface area contributed by atoms with Gasteiger partial charge in [-0.05, 0) is 37.4 Å². The van der Waals surface area contributed by atoms with Crippen LogP contribution in [-0.4, -0.2) is 18.1 Å². The van der Waals surface area contributed by atoms with Gasteiger partial charge in [-0.25, -0.2) is 0 Å². The molecule has 0 saturated heterocycles. The summed E-state index contributed by atoms with van der Waals surface area (Å²) in [6.07, 6.45) is 9.11. The van der Waals surface area contributed by atoms with Gasteiger partial charge in [-0.1, -0.05) is 18.9 Å². The van der Waals surface area contributed by atoms with E-state index in [0.29, 0.717) is 6.04 Å². The normalized spacial score (nSPS) is 18.1. The van der Waals surface area contributed by atoms with Gasteiger partial charge >= 0.3 is 0 Å². The first-order valence-electron chi connectivity index (χ1n) is 5.44. The molecule has 1 aromatic rings. The number of pyridine rings is 1. The molecule has 0 spiro atoms. The van der Waals surface area contributed by atoms with Crippen LogP contribution in [0.15, 0.2) is 24.5 Å². The Balaban J connectivity index is 1.87. The third kappa shape index (κ3) is 2.81. The maximum atomic E-state index is 4.14. The van der Waals surface area contributed by atoms with Crippen LogP contribution in [0.4, 0.5) is 0 Å². The second-order valence-corrected chi connectivity index (χ2v) is 4.23. The summed E-state index contributed by atoms with van der Waals surface area (Å²) in [7, 11) is 2.06. The van der Waals surface area contributed by atoms with Crippen LogP contribution in [0.25, 0.3) is 0 Å². The average Bonchev–Trinajstić information content (AvgIpc) is 3.02. The molecule has 1 aliphatic rings. The molecule has 1 aliphatic carbocycles. The van der Waals surface area contributed by atoms with E-state index in [1.165, 1.54) is 24.8 Å². The number of hydrogen-bond donors (Lipinski definition) is 1. The summed E-state index contributed by atoms with van der Waals surface area (Å²) in [5, 5.41) is 3.39. The highest BCUT2D eigenvalue weighted by molar-refractivity contribution is 5.10. The molecule has 2 nitrogen and oxygen atoms in total. The van der Waals surface area contributed by atoms with Crippen LogP contribution < -0.4 is 5.32 Å². The van der Waals surface area contributed by atoms with Crippen LogP contribution in [0.5, 0.6) is 0 Å². The summed E-state index contributed by atoms with van der Waals surface area (Å²) < 4.78 is 0. The molecule has 0 bridgehead atoms. The highest BCUT2D eigenvalue weighted by atomic mass is 14.9. The zero-order valence-electron chi connectivity index (χ0n) is 8.74. The largest absolute Gasteiger partial charge is 0.317 e. The van der Waals surface area contributed by atoms with Crippen molar-refractivity contribution in [1.82, 2.24) is 10.3 Å². The van der Waals surface area contributed by atoms with E-state index in [1.807, 2.05) is 18.5 Å². The van der Waals surface area contributed by atoms with E-state index in [-0.39, 0.29) is 0 Å². The summed E-state index contributed by atoms with van der Waals surface area (Å²) in [6, 6.07) is 4.80. The molecule has 1 saturated carbocycles. The number of hydrogen-bond acceptors (Lipinski definition) is 2. The molecule has 1 unspecified atom stereocenters. The van der Waals surface area contributed by atoms with Crippen molar-refractivity contribution < 1.29 is 0 Å². The maximum absolute atomic E-state index is 4.14. The minimum atomic E-state index is 0.631. The number of rotatable bonds is 5. The standard InChI is InChI=1S/C12H18N2/c1-13-12(7-10-4-5-10)8-11-3-2-6-14-9-11/h2-3,6,9-10,12-13H,4-5,7-8H2,1H3. The summed E-state index contributed by atoms with van der Waals surface area (Å²) in [5.74, 6) is 0.990. The molecule has 2 rings (SSSR count). The maximum Gasteiger partial charge on any atom is 0.0300 e. The quantitative estimate of drug-likeness (QED) is 0.768. The van der Waals surface area contributed by atoms with Gasteiger partial charge in [0.05, 0.1) is 0 Å². The van der Waals surface area contributed by atoms with Gasteiger partial charge in [-0.3, -0.25) is 4.98 Å². The van der Waals surface area contributed by atoms with Crippen molar-refractivity contribution in [1.29, 1.82) is 0 Å². The molecule has 1 fully saturated rings. The van der Waals surface area contributed by atoms with Crippen molar-refractivity contribution >= 4 is 0 Å². The zero-order chi connectivity index (χ0) is 9.80. The molecule has 2 heteroatoms. The van der Waals surface area contributed by atoms with Crippen molar-refractivity contribution in [2.24, 2.45) is 5.92 Å². The highest BCUT2D eigenvalue weighted by Crippen LogP contribution is 2.33. The molecule has 0 radical (unpaired) electrons. The van der Waals surface area contributed by atoms with Crippen LogP contribution in [0, 0.1) is 5.92 Å². The first-order valence-corrected chi connectivity index (χ1v) is 5.44.